The van der Waals surface area contributed by atoms with Gasteiger partial charge in [0.25, 0.3) is 0 Å². The van der Waals surface area contributed by atoms with E-state index in [1.165, 1.54) is 0 Å². The summed E-state index contributed by atoms with van der Waals surface area (Å²) >= 11 is 3.44. The Labute approximate surface area is 120 Å². The summed E-state index contributed by atoms with van der Waals surface area (Å²) in [5, 5.41) is 0. The fourth-order valence-corrected chi connectivity index (χ4v) is 2.41. The zero-order chi connectivity index (χ0) is 13.2. The molecule has 92 valence electrons. The molecular weight excluding hydrogens is 300 g/mol. The van der Waals surface area contributed by atoms with Gasteiger partial charge in [-0.2, -0.15) is 0 Å². The van der Waals surface area contributed by atoms with Gasteiger partial charge in [0, 0.05) is 10.0 Å². The largest absolute Gasteiger partial charge is 0.312 e. The van der Waals surface area contributed by atoms with Gasteiger partial charge in [-0.25, -0.2) is 4.98 Å². The molecule has 0 bridgehead atoms. The van der Waals surface area contributed by atoms with Crippen LogP contribution in [-0.4, -0.2) is 9.55 Å². The van der Waals surface area contributed by atoms with Gasteiger partial charge in [-0.3, -0.25) is 0 Å². The second-order valence-electron chi connectivity index (χ2n) is 4.22. The molecule has 2 nitrogen and oxygen atoms in total. The summed E-state index contributed by atoms with van der Waals surface area (Å²) in [6.45, 7) is 0.520. The highest BCUT2D eigenvalue weighted by atomic mass is 79.9. The third kappa shape index (κ3) is 2.16. The maximum Gasteiger partial charge on any atom is 0.141 e. The summed E-state index contributed by atoms with van der Waals surface area (Å²) in [6.07, 6.45) is 5.48. The number of fused-ring (bicyclic) bond motifs is 1. The molecule has 3 aromatic rings. The van der Waals surface area contributed by atoms with E-state index in [1.54, 1.807) is 0 Å². The van der Waals surface area contributed by atoms with E-state index in [1.807, 2.05) is 48.5 Å². The summed E-state index contributed by atoms with van der Waals surface area (Å²) in [7, 11) is 0. The summed E-state index contributed by atoms with van der Waals surface area (Å²) in [4.78, 5) is 4.68. The number of benzene rings is 2. The van der Waals surface area contributed by atoms with Crippen LogP contribution in [-0.2, 0) is 6.54 Å². The highest BCUT2D eigenvalue weighted by Gasteiger charge is 2.11. The Morgan fingerprint density at radius 3 is 2.58 bits per heavy atom. The first kappa shape index (κ1) is 12.0. The minimum Gasteiger partial charge on any atom is -0.312 e. The summed E-state index contributed by atoms with van der Waals surface area (Å²) < 4.78 is 3.12. The lowest BCUT2D eigenvalue weighted by Crippen LogP contribution is -1.98. The Morgan fingerprint density at radius 2 is 1.84 bits per heavy atom. The van der Waals surface area contributed by atoms with Crippen LogP contribution in [0.4, 0.5) is 0 Å². The van der Waals surface area contributed by atoms with Crippen molar-refractivity contribution in [3.05, 3.63) is 53.0 Å². The van der Waals surface area contributed by atoms with Gasteiger partial charge in [-0.1, -0.05) is 46.1 Å². The number of terminal acetylenes is 1. The molecule has 0 aliphatic rings. The zero-order valence-electron chi connectivity index (χ0n) is 10.2. The Bertz CT molecular complexity index is 764. The fraction of sp³-hybridized carbons (Fsp3) is 0.0625. The van der Waals surface area contributed by atoms with Gasteiger partial charge in [-0.05, 0) is 24.3 Å². The van der Waals surface area contributed by atoms with Crippen LogP contribution in [0.1, 0.15) is 0 Å². The molecule has 0 fully saturated rings. The number of hydrogen-bond acceptors (Lipinski definition) is 1. The number of imidazole rings is 1. The SMILES string of the molecule is C#CCn1c(-c2ccc(Br)cc2)nc2ccccc21. The minimum atomic E-state index is 0.520. The molecular formula is C16H11BrN2. The van der Waals surface area contributed by atoms with E-state index in [9.17, 15) is 0 Å². The molecule has 1 heterocycles. The molecule has 0 radical (unpaired) electrons. The molecule has 0 saturated heterocycles. The van der Waals surface area contributed by atoms with Crippen LogP contribution in [0.25, 0.3) is 22.4 Å². The van der Waals surface area contributed by atoms with E-state index in [0.717, 1.165) is 26.9 Å². The van der Waals surface area contributed by atoms with E-state index in [0.29, 0.717) is 6.54 Å². The van der Waals surface area contributed by atoms with Gasteiger partial charge in [-0.15, -0.1) is 6.42 Å². The normalized spacial score (nSPS) is 10.5. The first-order valence-electron chi connectivity index (χ1n) is 5.94. The highest BCUT2D eigenvalue weighted by molar-refractivity contribution is 9.10. The van der Waals surface area contributed by atoms with E-state index < -0.39 is 0 Å². The Kier molecular flexibility index (Phi) is 3.10. The van der Waals surface area contributed by atoms with Gasteiger partial charge in [0.2, 0.25) is 0 Å². The monoisotopic (exact) mass is 310 g/mol. The van der Waals surface area contributed by atoms with Crippen molar-refractivity contribution in [2.75, 3.05) is 0 Å². The number of para-hydroxylation sites is 2. The number of hydrogen-bond donors (Lipinski definition) is 0. The van der Waals surface area contributed by atoms with Crippen LogP contribution in [0, 0.1) is 12.3 Å². The molecule has 0 aliphatic carbocycles. The van der Waals surface area contributed by atoms with E-state index in [2.05, 4.69) is 31.4 Å². The van der Waals surface area contributed by atoms with Crippen LogP contribution < -0.4 is 0 Å². The Balaban J connectivity index is 2.25. The van der Waals surface area contributed by atoms with E-state index in [4.69, 9.17) is 6.42 Å². The van der Waals surface area contributed by atoms with Crippen molar-refractivity contribution < 1.29 is 0 Å². The van der Waals surface area contributed by atoms with Crippen molar-refractivity contribution in [1.82, 2.24) is 9.55 Å². The predicted molar refractivity (Wildman–Crippen MR) is 81.7 cm³/mol. The van der Waals surface area contributed by atoms with Crippen LogP contribution >= 0.6 is 15.9 Å². The molecule has 19 heavy (non-hydrogen) atoms. The molecule has 3 rings (SSSR count). The quantitative estimate of drug-likeness (QED) is 0.652. The standard InChI is InChI=1S/C16H11BrN2/c1-2-11-19-15-6-4-3-5-14(15)18-16(19)12-7-9-13(17)10-8-12/h1,3-10H,11H2. The molecule has 0 N–H and O–H groups in total. The highest BCUT2D eigenvalue weighted by Crippen LogP contribution is 2.25. The molecule has 0 saturated carbocycles. The maximum absolute atomic E-state index is 5.48. The first-order chi connectivity index (χ1) is 9.29. The summed E-state index contributed by atoms with van der Waals surface area (Å²) in [5.74, 6) is 3.61. The van der Waals surface area contributed by atoms with Crippen LogP contribution in [0.3, 0.4) is 0 Å². The van der Waals surface area contributed by atoms with Crippen LogP contribution in [0.2, 0.25) is 0 Å². The lowest BCUT2D eigenvalue weighted by Gasteiger charge is -2.05. The average Bonchev–Trinajstić information content (AvgIpc) is 2.79. The molecule has 0 aliphatic heterocycles. The van der Waals surface area contributed by atoms with Crippen molar-refractivity contribution in [2.45, 2.75) is 6.54 Å². The van der Waals surface area contributed by atoms with Crippen molar-refractivity contribution in [2.24, 2.45) is 0 Å². The topological polar surface area (TPSA) is 17.8 Å². The van der Waals surface area contributed by atoms with Gasteiger partial charge in [0.1, 0.15) is 5.82 Å². The Hall–Kier alpha value is -2.05. The number of halogens is 1. The van der Waals surface area contributed by atoms with Crippen molar-refractivity contribution in [1.29, 1.82) is 0 Å². The summed E-state index contributed by atoms with van der Waals surface area (Å²) in [5.41, 5.74) is 3.10. The molecule has 0 amide bonds. The minimum absolute atomic E-state index is 0.520. The maximum atomic E-state index is 5.48. The molecule has 3 heteroatoms. The smallest absolute Gasteiger partial charge is 0.141 e. The second kappa shape index (κ2) is 4.91. The van der Waals surface area contributed by atoms with Crippen molar-refractivity contribution >= 4 is 27.0 Å². The average molecular weight is 311 g/mol. The zero-order valence-corrected chi connectivity index (χ0v) is 11.8. The van der Waals surface area contributed by atoms with Crippen molar-refractivity contribution in [3.63, 3.8) is 0 Å². The van der Waals surface area contributed by atoms with Gasteiger partial charge in [0.15, 0.2) is 0 Å². The first-order valence-corrected chi connectivity index (χ1v) is 6.73. The summed E-state index contributed by atoms with van der Waals surface area (Å²) in [6, 6.07) is 16.1. The Morgan fingerprint density at radius 1 is 1.11 bits per heavy atom. The van der Waals surface area contributed by atoms with Gasteiger partial charge in [0.05, 0.1) is 17.6 Å². The second-order valence-corrected chi connectivity index (χ2v) is 5.14. The molecule has 0 atom stereocenters. The van der Waals surface area contributed by atoms with Gasteiger partial charge >= 0.3 is 0 Å². The molecule has 1 aromatic heterocycles. The predicted octanol–water partition coefficient (Wildman–Crippen LogP) is 4.10. The van der Waals surface area contributed by atoms with Crippen molar-refractivity contribution in [3.8, 4) is 23.7 Å². The number of rotatable bonds is 2. The lowest BCUT2D eigenvalue weighted by molar-refractivity contribution is 0.882. The van der Waals surface area contributed by atoms with E-state index in [-0.39, 0.29) is 0 Å². The number of nitrogens with zero attached hydrogens (tertiary/aromatic N) is 2. The number of aromatic nitrogens is 2. The lowest BCUT2D eigenvalue weighted by atomic mass is 10.2. The van der Waals surface area contributed by atoms with E-state index >= 15 is 0 Å². The van der Waals surface area contributed by atoms with Crippen LogP contribution in [0.15, 0.2) is 53.0 Å². The van der Waals surface area contributed by atoms with Crippen LogP contribution in [0.5, 0.6) is 0 Å². The molecule has 0 spiro atoms. The van der Waals surface area contributed by atoms with Gasteiger partial charge < -0.3 is 4.57 Å². The molecule has 2 aromatic carbocycles. The molecule has 0 unspecified atom stereocenters. The third-order valence-corrected chi connectivity index (χ3v) is 3.54. The fourth-order valence-electron chi connectivity index (χ4n) is 2.15. The third-order valence-electron chi connectivity index (χ3n) is 3.01.